The van der Waals surface area contributed by atoms with Gasteiger partial charge in [-0.05, 0) is 74.8 Å². The predicted octanol–water partition coefficient (Wildman–Crippen LogP) is 4.97. The van der Waals surface area contributed by atoms with Crippen LogP contribution < -0.4 is 5.32 Å². The minimum absolute atomic E-state index is 0.222. The van der Waals surface area contributed by atoms with E-state index in [-0.39, 0.29) is 23.6 Å². The molecule has 4 amide bonds. The van der Waals surface area contributed by atoms with Crippen molar-refractivity contribution in [3.63, 3.8) is 0 Å². The van der Waals surface area contributed by atoms with E-state index in [1.807, 2.05) is 48.5 Å². The molecule has 0 saturated carbocycles. The van der Waals surface area contributed by atoms with Crippen LogP contribution in [0.2, 0.25) is 0 Å². The van der Waals surface area contributed by atoms with Crippen molar-refractivity contribution < 1.29 is 19.2 Å². The number of imide groups is 2. The summed E-state index contributed by atoms with van der Waals surface area (Å²) in [6.07, 6.45) is 1.58. The molecular formula is C35H36N4O4. The summed E-state index contributed by atoms with van der Waals surface area (Å²) in [4.78, 5) is 57.6. The van der Waals surface area contributed by atoms with Crippen LogP contribution in [-0.4, -0.2) is 83.6 Å². The molecule has 2 aliphatic rings. The van der Waals surface area contributed by atoms with E-state index >= 15 is 0 Å². The van der Waals surface area contributed by atoms with Crippen LogP contribution in [0.5, 0.6) is 0 Å². The smallest absolute Gasteiger partial charge is 0.261 e. The van der Waals surface area contributed by atoms with Gasteiger partial charge in [-0.3, -0.25) is 29.0 Å². The Morgan fingerprint density at radius 1 is 0.581 bits per heavy atom. The zero-order valence-corrected chi connectivity index (χ0v) is 24.6. The van der Waals surface area contributed by atoms with Crippen LogP contribution in [0.25, 0.3) is 21.5 Å². The van der Waals surface area contributed by atoms with E-state index in [0.29, 0.717) is 54.4 Å². The molecule has 0 fully saturated rings. The zero-order valence-electron chi connectivity index (χ0n) is 24.6. The van der Waals surface area contributed by atoms with Gasteiger partial charge in [-0.2, -0.15) is 0 Å². The largest absolute Gasteiger partial charge is 0.315 e. The molecule has 2 heterocycles. The van der Waals surface area contributed by atoms with E-state index < -0.39 is 0 Å². The second kappa shape index (κ2) is 12.1. The second-order valence-electron chi connectivity index (χ2n) is 11.5. The molecule has 0 spiro atoms. The number of amides is 4. The first kappa shape index (κ1) is 28.7. The average molecular weight is 577 g/mol. The van der Waals surface area contributed by atoms with Gasteiger partial charge in [0.2, 0.25) is 0 Å². The van der Waals surface area contributed by atoms with Gasteiger partial charge >= 0.3 is 0 Å². The molecule has 0 radical (unpaired) electrons. The Balaban J connectivity index is 0.967. The first-order valence-electron chi connectivity index (χ1n) is 15.1. The summed E-state index contributed by atoms with van der Waals surface area (Å²) in [7, 11) is 0. The van der Waals surface area contributed by atoms with Crippen molar-refractivity contribution in [2.24, 2.45) is 0 Å². The molecule has 8 nitrogen and oxygen atoms in total. The van der Waals surface area contributed by atoms with Crippen LogP contribution in [0.4, 0.5) is 0 Å². The minimum atomic E-state index is -0.243. The molecule has 0 bridgehead atoms. The quantitative estimate of drug-likeness (QED) is 0.189. The van der Waals surface area contributed by atoms with Crippen LogP contribution in [0.15, 0.2) is 72.8 Å². The first-order valence-corrected chi connectivity index (χ1v) is 15.1. The SMILES string of the molecule is CC(C)N(CCCNCCN1C(=O)c2cccc3cccc(c23)C1=O)CCCN1C(=O)c2cccc3cccc(c23)C1=O. The average Bonchev–Trinajstić information content (AvgIpc) is 3.01. The molecule has 0 unspecified atom stereocenters. The monoisotopic (exact) mass is 576 g/mol. The molecule has 6 rings (SSSR count). The maximum Gasteiger partial charge on any atom is 0.261 e. The molecular weight excluding hydrogens is 540 g/mol. The van der Waals surface area contributed by atoms with Crippen LogP contribution in [0.3, 0.4) is 0 Å². The molecule has 4 aromatic carbocycles. The van der Waals surface area contributed by atoms with E-state index in [4.69, 9.17) is 0 Å². The number of nitrogens with one attached hydrogen (secondary N) is 1. The van der Waals surface area contributed by atoms with Gasteiger partial charge in [0, 0.05) is 65.2 Å². The molecule has 0 aliphatic carbocycles. The van der Waals surface area contributed by atoms with Crippen LogP contribution in [-0.2, 0) is 0 Å². The highest BCUT2D eigenvalue weighted by atomic mass is 16.2. The van der Waals surface area contributed by atoms with E-state index in [9.17, 15) is 19.2 Å². The van der Waals surface area contributed by atoms with Gasteiger partial charge in [0.25, 0.3) is 23.6 Å². The zero-order chi connectivity index (χ0) is 30.1. The Morgan fingerprint density at radius 3 is 1.44 bits per heavy atom. The third kappa shape index (κ3) is 5.32. The van der Waals surface area contributed by atoms with Crippen LogP contribution in [0.1, 0.15) is 68.1 Å². The van der Waals surface area contributed by atoms with Crippen molar-refractivity contribution in [1.29, 1.82) is 0 Å². The maximum atomic E-state index is 13.2. The summed E-state index contributed by atoms with van der Waals surface area (Å²) < 4.78 is 0. The summed E-state index contributed by atoms with van der Waals surface area (Å²) in [5, 5.41) is 6.70. The number of carbonyl (C=O) groups is 4. The summed E-state index contributed by atoms with van der Waals surface area (Å²) in [5.74, 6) is -0.929. The highest BCUT2D eigenvalue weighted by Crippen LogP contribution is 2.31. The lowest BCUT2D eigenvalue weighted by molar-refractivity contribution is 0.0589. The normalized spacial score (nSPS) is 14.7. The van der Waals surface area contributed by atoms with Gasteiger partial charge in [0.1, 0.15) is 0 Å². The van der Waals surface area contributed by atoms with Gasteiger partial charge in [-0.25, -0.2) is 0 Å². The van der Waals surface area contributed by atoms with Crippen LogP contribution >= 0.6 is 0 Å². The molecule has 2 aliphatic heterocycles. The fourth-order valence-corrected chi connectivity index (χ4v) is 6.35. The van der Waals surface area contributed by atoms with Crippen molar-refractivity contribution in [3.8, 4) is 0 Å². The number of carbonyl (C=O) groups excluding carboxylic acids is 4. The Bertz CT molecular complexity index is 1650. The molecule has 4 aromatic rings. The number of nitrogens with zero attached hydrogens (tertiary/aromatic N) is 3. The molecule has 0 aromatic heterocycles. The lowest BCUT2D eigenvalue weighted by Gasteiger charge is -2.30. The van der Waals surface area contributed by atoms with Crippen molar-refractivity contribution >= 4 is 45.2 Å². The Morgan fingerprint density at radius 2 is 1.00 bits per heavy atom. The number of rotatable bonds is 12. The maximum absolute atomic E-state index is 13.2. The van der Waals surface area contributed by atoms with Gasteiger partial charge in [-0.15, -0.1) is 0 Å². The van der Waals surface area contributed by atoms with Crippen molar-refractivity contribution in [1.82, 2.24) is 20.0 Å². The highest BCUT2D eigenvalue weighted by molar-refractivity contribution is 6.26. The molecule has 8 heteroatoms. The van der Waals surface area contributed by atoms with Crippen molar-refractivity contribution in [2.45, 2.75) is 32.7 Å². The summed E-state index contributed by atoms with van der Waals surface area (Å²) in [6, 6.07) is 22.6. The summed E-state index contributed by atoms with van der Waals surface area (Å²) in [5.41, 5.74) is 2.34. The standard InChI is InChI=1S/C35H36N4O4/c1-23(2)37(20-8-21-38-32(40)26-13-3-9-24-10-4-14-27(30(24)26)33(38)41)19-7-17-36-18-22-39-34(42)28-15-5-11-25-12-6-16-29(31(25)28)35(39)43/h3-6,9-16,23,36H,7-8,17-22H2,1-2H3. The van der Waals surface area contributed by atoms with Gasteiger partial charge in [-0.1, -0.05) is 48.5 Å². The van der Waals surface area contributed by atoms with E-state index in [1.54, 1.807) is 24.3 Å². The van der Waals surface area contributed by atoms with Gasteiger partial charge in [0.15, 0.2) is 0 Å². The fourth-order valence-electron chi connectivity index (χ4n) is 6.35. The van der Waals surface area contributed by atoms with Crippen molar-refractivity contribution in [3.05, 3.63) is 95.1 Å². The molecule has 43 heavy (non-hydrogen) atoms. The second-order valence-corrected chi connectivity index (χ2v) is 11.5. The third-order valence-corrected chi connectivity index (χ3v) is 8.58. The summed E-state index contributed by atoms with van der Waals surface area (Å²) in [6.45, 7) is 7.86. The molecule has 220 valence electrons. The van der Waals surface area contributed by atoms with E-state index in [1.165, 1.54) is 9.80 Å². The fraction of sp³-hybridized carbons (Fsp3) is 0.314. The molecule has 1 N–H and O–H groups in total. The molecule has 0 atom stereocenters. The van der Waals surface area contributed by atoms with E-state index in [0.717, 1.165) is 47.6 Å². The Kier molecular flexibility index (Phi) is 8.06. The number of benzene rings is 4. The highest BCUT2D eigenvalue weighted by Gasteiger charge is 2.33. The van der Waals surface area contributed by atoms with Crippen LogP contribution in [0, 0.1) is 0 Å². The molecule has 0 saturated heterocycles. The summed E-state index contributed by atoms with van der Waals surface area (Å²) >= 11 is 0. The number of hydrogen-bond acceptors (Lipinski definition) is 6. The Hall–Kier alpha value is -4.40. The topological polar surface area (TPSA) is 90.0 Å². The van der Waals surface area contributed by atoms with Gasteiger partial charge in [0.05, 0.1) is 0 Å². The van der Waals surface area contributed by atoms with Crippen molar-refractivity contribution in [2.75, 3.05) is 39.3 Å². The third-order valence-electron chi connectivity index (χ3n) is 8.58. The first-order chi connectivity index (χ1) is 20.9. The van der Waals surface area contributed by atoms with Gasteiger partial charge < -0.3 is 10.2 Å². The lowest BCUT2D eigenvalue weighted by atomic mass is 9.94. The minimum Gasteiger partial charge on any atom is -0.315 e. The Labute approximate surface area is 251 Å². The predicted molar refractivity (Wildman–Crippen MR) is 167 cm³/mol. The lowest BCUT2D eigenvalue weighted by Crippen LogP contribution is -2.44. The van der Waals surface area contributed by atoms with E-state index in [2.05, 4.69) is 24.1 Å². The number of hydrogen-bond donors (Lipinski definition) is 1.